The summed E-state index contributed by atoms with van der Waals surface area (Å²) in [6.45, 7) is 13.7. The fourth-order valence-electron chi connectivity index (χ4n) is 5.49. The number of rotatable bonds is 10. The van der Waals surface area contributed by atoms with Crippen LogP contribution in [0, 0.1) is 19.3 Å². The number of nitrogens with one attached hydrogen (secondary N) is 1. The van der Waals surface area contributed by atoms with Gasteiger partial charge in [-0.15, -0.1) is 6.42 Å². The first-order valence-electron chi connectivity index (χ1n) is 14.8. The number of imidazole rings is 1. The van der Waals surface area contributed by atoms with Crippen LogP contribution in [0.1, 0.15) is 64.1 Å². The van der Waals surface area contributed by atoms with Gasteiger partial charge in [0.1, 0.15) is 35.8 Å². The fourth-order valence-corrected chi connectivity index (χ4v) is 5.49. The minimum Gasteiger partial charge on any atom is -0.444 e. The van der Waals surface area contributed by atoms with Crippen molar-refractivity contribution in [2.24, 2.45) is 0 Å². The minimum atomic E-state index is -0.730. The number of nitrogens with zero attached hydrogens (tertiary/aromatic N) is 5. The maximum Gasteiger partial charge on any atom is 0.410 e. The largest absolute Gasteiger partial charge is 0.444 e. The van der Waals surface area contributed by atoms with E-state index < -0.39 is 17.6 Å². The molecule has 11 nitrogen and oxygen atoms in total. The van der Waals surface area contributed by atoms with E-state index in [-0.39, 0.29) is 24.4 Å². The lowest BCUT2D eigenvalue weighted by Gasteiger charge is -2.28. The first-order chi connectivity index (χ1) is 20.4. The molecule has 0 bridgehead atoms. The number of hydrogen-bond acceptors (Lipinski definition) is 9. The molecule has 0 spiro atoms. The summed E-state index contributed by atoms with van der Waals surface area (Å²) in [4.78, 5) is 28.0. The zero-order chi connectivity index (χ0) is 30.8. The summed E-state index contributed by atoms with van der Waals surface area (Å²) >= 11 is 0. The van der Waals surface area contributed by atoms with Crippen molar-refractivity contribution in [3.8, 4) is 12.3 Å². The van der Waals surface area contributed by atoms with E-state index in [1.165, 1.54) is 6.33 Å². The van der Waals surface area contributed by atoms with E-state index >= 15 is 0 Å². The predicted octanol–water partition coefficient (Wildman–Crippen LogP) is 3.99. The van der Waals surface area contributed by atoms with E-state index in [0.29, 0.717) is 38.2 Å². The Labute approximate surface area is 253 Å². The Hall–Kier alpha value is -3.56. The third-order valence-corrected chi connectivity index (χ3v) is 7.51. The van der Waals surface area contributed by atoms with Crippen molar-refractivity contribution in [2.45, 2.75) is 90.3 Å². The van der Waals surface area contributed by atoms with Crippen LogP contribution in [0.4, 0.5) is 4.79 Å². The minimum absolute atomic E-state index is 0.245. The molecule has 0 saturated carbocycles. The lowest BCUT2D eigenvalue weighted by molar-refractivity contribution is -0.195. The Morgan fingerprint density at radius 1 is 1.14 bits per heavy atom. The molecule has 4 heterocycles. The average Bonchev–Trinajstić information content (AvgIpc) is 3.61. The topological polar surface area (TPSA) is 113 Å². The summed E-state index contributed by atoms with van der Waals surface area (Å²) in [5.74, 6) is 1.90. The molecular weight excluding hydrogens is 548 g/mol. The van der Waals surface area contributed by atoms with Crippen LogP contribution in [0.25, 0.3) is 11.2 Å². The third kappa shape index (κ3) is 7.33. The number of carbonyl (C=O) groups is 1. The van der Waals surface area contributed by atoms with Gasteiger partial charge in [-0.3, -0.25) is 4.57 Å². The SMILES string of the molecule is C#Cc1ccc(CCN(CCCNC[C@@H]2O[C@H](n3cnc4c(C)ncnc43)[C@H]3OC(C)(C)O[C@H]32)C(=O)OC(C)(C)C)cc1. The molecule has 1 amide bonds. The molecule has 43 heavy (non-hydrogen) atoms. The van der Waals surface area contributed by atoms with Crippen LogP contribution in [-0.4, -0.2) is 86.4 Å². The second-order valence-electron chi connectivity index (χ2n) is 12.5. The maximum atomic E-state index is 13.0. The Bertz CT molecular complexity index is 1460. The quantitative estimate of drug-likeness (QED) is 0.277. The van der Waals surface area contributed by atoms with E-state index in [1.807, 2.05) is 70.4 Å². The van der Waals surface area contributed by atoms with Gasteiger partial charge < -0.3 is 29.2 Å². The van der Waals surface area contributed by atoms with Crippen LogP contribution in [0.3, 0.4) is 0 Å². The zero-order valence-electron chi connectivity index (χ0n) is 25.9. The van der Waals surface area contributed by atoms with Crippen molar-refractivity contribution in [2.75, 3.05) is 26.2 Å². The highest BCUT2D eigenvalue weighted by molar-refractivity contribution is 5.72. The van der Waals surface area contributed by atoms with Crippen LogP contribution in [0.5, 0.6) is 0 Å². The van der Waals surface area contributed by atoms with Gasteiger partial charge in [0, 0.05) is 25.2 Å². The van der Waals surface area contributed by atoms with E-state index in [0.717, 1.165) is 28.8 Å². The Kier molecular flexibility index (Phi) is 9.04. The molecule has 11 heteroatoms. The van der Waals surface area contributed by atoms with E-state index in [9.17, 15) is 4.79 Å². The highest BCUT2D eigenvalue weighted by Gasteiger charge is 2.56. The first-order valence-corrected chi connectivity index (χ1v) is 14.8. The van der Waals surface area contributed by atoms with Gasteiger partial charge >= 0.3 is 6.09 Å². The van der Waals surface area contributed by atoms with Gasteiger partial charge in [-0.05, 0) is 78.6 Å². The third-order valence-electron chi connectivity index (χ3n) is 7.51. The lowest BCUT2D eigenvalue weighted by Crippen LogP contribution is -2.40. The van der Waals surface area contributed by atoms with Crippen molar-refractivity contribution < 1.29 is 23.7 Å². The number of fused-ring (bicyclic) bond motifs is 2. The van der Waals surface area contributed by atoms with Crippen LogP contribution in [-0.2, 0) is 25.4 Å². The molecule has 1 N–H and O–H groups in total. The molecule has 5 rings (SSSR count). The van der Waals surface area contributed by atoms with Crippen LogP contribution in [0.15, 0.2) is 36.9 Å². The molecule has 0 radical (unpaired) electrons. The standard InChI is InChI=1S/C32H42N6O5/c1-8-22-10-12-23(13-11-22)14-17-37(30(39)43-31(3,4)5)16-9-15-33-18-24-26-27(42-32(6,7)41-26)29(40-24)38-20-36-25-21(2)34-19-35-28(25)38/h1,10-13,19-20,24,26-27,29,33H,9,14-18H2,2-7H3/t24-,26-,27-,29-/m0/s1. The smallest absolute Gasteiger partial charge is 0.410 e. The molecule has 2 aromatic heterocycles. The molecule has 2 aliphatic rings. The zero-order valence-corrected chi connectivity index (χ0v) is 25.9. The van der Waals surface area contributed by atoms with Crippen LogP contribution >= 0.6 is 0 Å². The number of terminal acetylenes is 1. The number of aryl methyl sites for hydroxylation is 1. The normalized spacial score (nSPS) is 22.8. The molecule has 0 unspecified atom stereocenters. The molecule has 1 aromatic carbocycles. The number of benzene rings is 1. The van der Waals surface area contributed by atoms with Gasteiger partial charge in [0.05, 0.1) is 12.0 Å². The van der Waals surface area contributed by atoms with E-state index in [4.69, 9.17) is 25.4 Å². The molecule has 2 fully saturated rings. The summed E-state index contributed by atoms with van der Waals surface area (Å²) in [6, 6.07) is 7.84. The van der Waals surface area contributed by atoms with Crippen LogP contribution < -0.4 is 5.32 Å². The average molecular weight is 591 g/mol. The molecule has 230 valence electrons. The summed E-state index contributed by atoms with van der Waals surface area (Å²) in [5.41, 5.74) is 3.62. The molecule has 0 aliphatic carbocycles. The Balaban J connectivity index is 1.17. The van der Waals surface area contributed by atoms with Gasteiger partial charge in [0.25, 0.3) is 0 Å². The monoisotopic (exact) mass is 590 g/mol. The molecule has 4 atom stereocenters. The van der Waals surface area contributed by atoms with Crippen molar-refractivity contribution in [3.05, 3.63) is 53.7 Å². The van der Waals surface area contributed by atoms with Crippen molar-refractivity contribution >= 4 is 17.3 Å². The number of amides is 1. The van der Waals surface area contributed by atoms with Gasteiger partial charge in [-0.25, -0.2) is 19.7 Å². The summed E-state index contributed by atoms with van der Waals surface area (Å²) < 4.78 is 26.7. The second-order valence-corrected chi connectivity index (χ2v) is 12.5. The van der Waals surface area contributed by atoms with Gasteiger partial charge in [0.2, 0.25) is 0 Å². The highest BCUT2D eigenvalue weighted by atomic mass is 16.8. The van der Waals surface area contributed by atoms with E-state index in [1.54, 1.807) is 11.2 Å². The van der Waals surface area contributed by atoms with Gasteiger partial charge in [-0.1, -0.05) is 18.1 Å². The summed E-state index contributed by atoms with van der Waals surface area (Å²) in [5, 5.41) is 3.50. The van der Waals surface area contributed by atoms with Crippen molar-refractivity contribution in [3.63, 3.8) is 0 Å². The first kappa shape index (κ1) is 30.9. The second kappa shape index (κ2) is 12.6. The number of hydrogen-bond donors (Lipinski definition) is 1. The van der Waals surface area contributed by atoms with Crippen molar-refractivity contribution in [1.29, 1.82) is 0 Å². The number of aromatic nitrogens is 4. The maximum absolute atomic E-state index is 13.0. The number of carbonyl (C=O) groups excluding carboxylic acids is 1. The Morgan fingerprint density at radius 2 is 1.88 bits per heavy atom. The molecule has 3 aromatic rings. The molecule has 2 saturated heterocycles. The fraction of sp³-hybridized carbons (Fsp3) is 0.562. The van der Waals surface area contributed by atoms with E-state index in [2.05, 4.69) is 26.2 Å². The molecular formula is C32H42N6O5. The summed E-state index contributed by atoms with van der Waals surface area (Å²) in [6.07, 6.45) is 8.62. The van der Waals surface area contributed by atoms with Gasteiger partial charge in [0.15, 0.2) is 17.7 Å². The number of ether oxygens (including phenoxy) is 4. The summed E-state index contributed by atoms with van der Waals surface area (Å²) in [7, 11) is 0. The Morgan fingerprint density at radius 3 is 2.60 bits per heavy atom. The van der Waals surface area contributed by atoms with Crippen molar-refractivity contribution in [1.82, 2.24) is 29.7 Å². The molecule has 2 aliphatic heterocycles. The van der Waals surface area contributed by atoms with Crippen LogP contribution in [0.2, 0.25) is 0 Å². The predicted molar refractivity (Wildman–Crippen MR) is 161 cm³/mol. The van der Waals surface area contributed by atoms with Gasteiger partial charge in [-0.2, -0.15) is 0 Å². The lowest BCUT2D eigenvalue weighted by atomic mass is 10.1. The highest BCUT2D eigenvalue weighted by Crippen LogP contribution is 2.43.